The Labute approximate surface area is 239 Å². The highest BCUT2D eigenvalue weighted by atomic mass is 16.6. The number of anilines is 1. The SMILES string of the molecule is CCCCN(C(=O)C(CC(C)C)NC(=O)OC(C)(C)C)C(C(=O)Nc1ccc(OC)cc1)c1cc(C)ccc1C. The van der Waals surface area contributed by atoms with Crippen LogP contribution < -0.4 is 15.4 Å². The van der Waals surface area contributed by atoms with E-state index in [2.05, 4.69) is 10.6 Å². The number of rotatable bonds is 12. The summed E-state index contributed by atoms with van der Waals surface area (Å²) in [5, 5.41) is 5.80. The van der Waals surface area contributed by atoms with Crippen LogP contribution in [0.1, 0.15) is 83.5 Å². The second-order valence-electron chi connectivity index (χ2n) is 11.7. The Morgan fingerprint density at radius 3 is 2.20 bits per heavy atom. The molecule has 2 unspecified atom stereocenters. The van der Waals surface area contributed by atoms with Crippen LogP contribution in [0.5, 0.6) is 5.75 Å². The predicted molar refractivity (Wildman–Crippen MR) is 160 cm³/mol. The minimum atomic E-state index is -0.906. The van der Waals surface area contributed by atoms with E-state index in [1.165, 1.54) is 0 Å². The van der Waals surface area contributed by atoms with Gasteiger partial charge in [-0.15, -0.1) is 0 Å². The molecule has 0 saturated carbocycles. The quantitative estimate of drug-likeness (QED) is 0.310. The third-order valence-corrected chi connectivity index (χ3v) is 6.38. The Hall–Kier alpha value is -3.55. The number of nitrogens with zero attached hydrogens (tertiary/aromatic N) is 1. The molecule has 2 atom stereocenters. The van der Waals surface area contributed by atoms with Crippen LogP contribution in [0.2, 0.25) is 0 Å². The van der Waals surface area contributed by atoms with Gasteiger partial charge in [0.1, 0.15) is 23.4 Å². The molecule has 0 bridgehead atoms. The fourth-order valence-electron chi connectivity index (χ4n) is 4.43. The summed E-state index contributed by atoms with van der Waals surface area (Å²) in [5.41, 5.74) is 2.51. The Morgan fingerprint density at radius 2 is 1.65 bits per heavy atom. The summed E-state index contributed by atoms with van der Waals surface area (Å²) >= 11 is 0. The van der Waals surface area contributed by atoms with Crippen LogP contribution in [0.15, 0.2) is 42.5 Å². The highest BCUT2D eigenvalue weighted by Crippen LogP contribution is 2.29. The number of amides is 3. The van der Waals surface area contributed by atoms with Gasteiger partial charge in [0.15, 0.2) is 0 Å². The van der Waals surface area contributed by atoms with Crippen LogP contribution >= 0.6 is 0 Å². The number of nitrogens with one attached hydrogen (secondary N) is 2. The maximum Gasteiger partial charge on any atom is 0.408 e. The molecule has 0 fully saturated rings. The molecule has 2 N–H and O–H groups in total. The molecule has 2 rings (SSSR count). The molecule has 0 heterocycles. The van der Waals surface area contributed by atoms with Crippen molar-refractivity contribution in [1.29, 1.82) is 0 Å². The monoisotopic (exact) mass is 553 g/mol. The van der Waals surface area contributed by atoms with Crippen molar-refractivity contribution < 1.29 is 23.9 Å². The first kappa shape index (κ1) is 32.7. The minimum Gasteiger partial charge on any atom is -0.497 e. The van der Waals surface area contributed by atoms with Gasteiger partial charge in [0, 0.05) is 12.2 Å². The zero-order valence-electron chi connectivity index (χ0n) is 25.6. The molecule has 3 amide bonds. The van der Waals surface area contributed by atoms with E-state index < -0.39 is 23.8 Å². The lowest BCUT2D eigenvalue weighted by Gasteiger charge is -2.35. The number of alkyl carbamates (subject to hydrolysis) is 1. The van der Waals surface area contributed by atoms with Crippen LogP contribution in [0.4, 0.5) is 10.5 Å². The van der Waals surface area contributed by atoms with E-state index in [9.17, 15) is 14.4 Å². The molecule has 8 nitrogen and oxygen atoms in total. The van der Waals surface area contributed by atoms with Crippen LogP contribution in [-0.2, 0) is 14.3 Å². The molecule has 0 saturated heterocycles. The second kappa shape index (κ2) is 14.7. The summed E-state index contributed by atoms with van der Waals surface area (Å²) in [4.78, 5) is 42.7. The molecule has 0 spiro atoms. The maximum atomic E-state index is 14.3. The van der Waals surface area contributed by atoms with Crippen molar-refractivity contribution in [2.24, 2.45) is 5.92 Å². The average molecular weight is 554 g/mol. The van der Waals surface area contributed by atoms with Gasteiger partial charge in [0.2, 0.25) is 5.91 Å². The maximum absolute atomic E-state index is 14.3. The molecule has 2 aromatic rings. The average Bonchev–Trinajstić information content (AvgIpc) is 2.86. The number of hydrogen-bond acceptors (Lipinski definition) is 5. The molecule has 40 heavy (non-hydrogen) atoms. The molecular weight excluding hydrogens is 506 g/mol. The van der Waals surface area contributed by atoms with Gasteiger partial charge in [-0.3, -0.25) is 9.59 Å². The van der Waals surface area contributed by atoms with E-state index in [1.54, 1.807) is 57.0 Å². The lowest BCUT2D eigenvalue weighted by Crippen LogP contribution is -2.53. The van der Waals surface area contributed by atoms with Crippen molar-refractivity contribution in [2.45, 2.75) is 92.3 Å². The number of carbonyl (C=O) groups is 3. The highest BCUT2D eigenvalue weighted by Gasteiger charge is 2.37. The van der Waals surface area contributed by atoms with Crippen molar-refractivity contribution in [2.75, 3.05) is 19.0 Å². The van der Waals surface area contributed by atoms with Crippen molar-refractivity contribution in [3.63, 3.8) is 0 Å². The fraction of sp³-hybridized carbons (Fsp3) is 0.531. The Morgan fingerprint density at radius 1 is 1.00 bits per heavy atom. The van der Waals surface area contributed by atoms with Crippen molar-refractivity contribution in [3.05, 3.63) is 59.2 Å². The fourth-order valence-corrected chi connectivity index (χ4v) is 4.43. The number of aryl methyl sites for hydroxylation is 2. The van der Waals surface area contributed by atoms with Gasteiger partial charge in [0.05, 0.1) is 7.11 Å². The summed E-state index contributed by atoms with van der Waals surface area (Å²) in [6.07, 6.45) is 1.27. The number of ether oxygens (including phenoxy) is 2. The molecule has 0 radical (unpaired) electrons. The Bertz CT molecular complexity index is 1140. The van der Waals surface area contributed by atoms with Gasteiger partial charge in [-0.2, -0.15) is 0 Å². The number of hydrogen-bond donors (Lipinski definition) is 2. The zero-order valence-corrected chi connectivity index (χ0v) is 25.6. The van der Waals surface area contributed by atoms with Crippen LogP contribution in [0.3, 0.4) is 0 Å². The number of unbranched alkanes of at least 4 members (excludes halogenated alkanes) is 1. The van der Waals surface area contributed by atoms with Gasteiger partial charge in [-0.05, 0) is 88.8 Å². The van der Waals surface area contributed by atoms with E-state index in [4.69, 9.17) is 9.47 Å². The van der Waals surface area contributed by atoms with Crippen molar-refractivity contribution in [3.8, 4) is 5.75 Å². The smallest absolute Gasteiger partial charge is 0.408 e. The molecule has 220 valence electrons. The normalized spacial score (nSPS) is 12.8. The molecule has 0 aliphatic carbocycles. The summed E-state index contributed by atoms with van der Waals surface area (Å²) in [6, 6.07) is 11.2. The largest absolute Gasteiger partial charge is 0.497 e. The summed E-state index contributed by atoms with van der Waals surface area (Å²) in [7, 11) is 1.58. The molecule has 2 aromatic carbocycles. The predicted octanol–water partition coefficient (Wildman–Crippen LogP) is 6.56. The topological polar surface area (TPSA) is 97.0 Å². The zero-order chi connectivity index (χ0) is 30.0. The number of carbonyl (C=O) groups excluding carboxylic acids is 3. The van der Waals surface area contributed by atoms with Crippen molar-refractivity contribution in [1.82, 2.24) is 10.2 Å². The van der Waals surface area contributed by atoms with Gasteiger partial charge < -0.3 is 25.0 Å². The van der Waals surface area contributed by atoms with E-state index in [0.717, 1.165) is 23.1 Å². The van der Waals surface area contributed by atoms with Gasteiger partial charge in [-0.1, -0.05) is 51.0 Å². The molecular formula is C32H47N3O5. The third kappa shape index (κ3) is 9.88. The summed E-state index contributed by atoms with van der Waals surface area (Å²) < 4.78 is 10.7. The Kier molecular flexibility index (Phi) is 12.0. The molecule has 0 aliphatic rings. The minimum absolute atomic E-state index is 0.115. The number of methoxy groups -OCH3 is 1. The van der Waals surface area contributed by atoms with E-state index >= 15 is 0 Å². The first-order valence-corrected chi connectivity index (χ1v) is 14.1. The summed E-state index contributed by atoms with van der Waals surface area (Å²) in [5.74, 6) is 0.144. The highest BCUT2D eigenvalue weighted by molar-refractivity contribution is 5.99. The van der Waals surface area contributed by atoms with E-state index in [0.29, 0.717) is 30.8 Å². The first-order valence-electron chi connectivity index (χ1n) is 14.1. The van der Waals surface area contributed by atoms with Gasteiger partial charge in [0.25, 0.3) is 5.91 Å². The lowest BCUT2D eigenvalue weighted by atomic mass is 9.94. The number of benzene rings is 2. The van der Waals surface area contributed by atoms with Crippen LogP contribution in [0.25, 0.3) is 0 Å². The third-order valence-electron chi connectivity index (χ3n) is 6.38. The van der Waals surface area contributed by atoms with Crippen molar-refractivity contribution >= 4 is 23.6 Å². The molecule has 0 aliphatic heterocycles. The second-order valence-corrected chi connectivity index (χ2v) is 11.7. The van der Waals surface area contributed by atoms with E-state index in [1.807, 2.05) is 52.8 Å². The van der Waals surface area contributed by atoms with Gasteiger partial charge >= 0.3 is 6.09 Å². The lowest BCUT2D eigenvalue weighted by molar-refractivity contribution is -0.141. The Balaban J connectivity index is 2.57. The van der Waals surface area contributed by atoms with E-state index in [-0.39, 0.29) is 17.7 Å². The van der Waals surface area contributed by atoms with Crippen LogP contribution in [-0.4, -0.2) is 48.1 Å². The summed E-state index contributed by atoms with van der Waals surface area (Å²) in [6.45, 7) is 15.6. The van der Waals surface area contributed by atoms with Crippen LogP contribution in [0, 0.1) is 19.8 Å². The molecule has 0 aromatic heterocycles. The first-order chi connectivity index (χ1) is 18.7. The standard InChI is InChI=1S/C32H47N3O5/c1-10-11-18-35(30(37)27(19-21(2)3)34-31(38)40-32(6,7)8)28(26-20-22(4)12-13-23(26)5)29(36)33-24-14-16-25(39-9)17-15-24/h12-17,20-21,27-28H,10-11,18-19H2,1-9H3,(H,33,36)(H,34,38). The molecule has 8 heteroatoms. The van der Waals surface area contributed by atoms with Gasteiger partial charge in [-0.25, -0.2) is 4.79 Å².